The van der Waals surface area contributed by atoms with E-state index < -0.39 is 0 Å². The van der Waals surface area contributed by atoms with E-state index in [2.05, 4.69) is 0 Å². The number of carbonyl (C=O) groups is 1. The molecule has 2 N–H and O–H groups in total. The van der Waals surface area contributed by atoms with Gasteiger partial charge in [-0.2, -0.15) is 0 Å². The summed E-state index contributed by atoms with van der Waals surface area (Å²) in [5.41, 5.74) is 6.53. The Labute approximate surface area is 127 Å². The number of hydrogen-bond acceptors (Lipinski definition) is 4. The minimum atomic E-state index is -0.0813. The van der Waals surface area contributed by atoms with Crippen LogP contribution in [-0.2, 0) is 11.2 Å². The van der Waals surface area contributed by atoms with Gasteiger partial charge >= 0.3 is 0 Å². The molecule has 0 aliphatic carbocycles. The molecule has 0 fully saturated rings. The van der Waals surface area contributed by atoms with Crippen molar-refractivity contribution in [1.82, 2.24) is 4.90 Å². The van der Waals surface area contributed by atoms with E-state index in [4.69, 9.17) is 15.2 Å². The van der Waals surface area contributed by atoms with Crippen LogP contribution in [0.4, 0.5) is 0 Å². The first-order chi connectivity index (χ1) is 9.82. The monoisotopic (exact) mass is 294 g/mol. The smallest absolute Gasteiger partial charge is 0.226 e. The highest BCUT2D eigenvalue weighted by molar-refractivity contribution is 5.78. The molecule has 1 aromatic rings. The summed E-state index contributed by atoms with van der Waals surface area (Å²) in [5, 5.41) is 0. The van der Waals surface area contributed by atoms with Crippen molar-refractivity contribution < 1.29 is 14.3 Å². The topological polar surface area (TPSA) is 64.8 Å². The van der Waals surface area contributed by atoms with Gasteiger partial charge in [0.1, 0.15) is 0 Å². The summed E-state index contributed by atoms with van der Waals surface area (Å²) in [5.74, 6) is 1.35. The summed E-state index contributed by atoms with van der Waals surface area (Å²) in [7, 11) is 4.98. The zero-order valence-electron chi connectivity index (χ0n) is 13.6. The summed E-state index contributed by atoms with van der Waals surface area (Å²) in [6.45, 7) is 5.27. The van der Waals surface area contributed by atoms with Crippen LogP contribution in [0.1, 0.15) is 19.4 Å². The Bertz CT molecular complexity index is 486. The van der Waals surface area contributed by atoms with Crippen molar-refractivity contribution in [3.8, 4) is 11.5 Å². The second-order valence-corrected chi connectivity index (χ2v) is 5.98. The third-order valence-corrected chi connectivity index (χ3v) is 3.45. The summed E-state index contributed by atoms with van der Waals surface area (Å²) in [6.07, 6.45) is 0.331. The first-order valence-electron chi connectivity index (χ1n) is 6.98. The number of nitrogens with zero attached hydrogens (tertiary/aromatic N) is 1. The second kappa shape index (κ2) is 7.31. The molecule has 0 unspecified atom stereocenters. The molecular weight excluding hydrogens is 268 g/mol. The number of rotatable bonds is 7. The predicted molar refractivity (Wildman–Crippen MR) is 83.7 cm³/mol. The Balaban J connectivity index is 2.74. The van der Waals surface area contributed by atoms with E-state index >= 15 is 0 Å². The molecule has 0 bridgehead atoms. The van der Waals surface area contributed by atoms with E-state index in [0.717, 1.165) is 5.56 Å². The zero-order valence-corrected chi connectivity index (χ0v) is 13.6. The normalized spacial score (nSPS) is 11.1. The Morgan fingerprint density at radius 2 is 1.86 bits per heavy atom. The number of methoxy groups -OCH3 is 2. The van der Waals surface area contributed by atoms with E-state index in [-0.39, 0.29) is 11.3 Å². The van der Waals surface area contributed by atoms with Crippen molar-refractivity contribution in [3.63, 3.8) is 0 Å². The van der Waals surface area contributed by atoms with Gasteiger partial charge in [-0.1, -0.05) is 19.9 Å². The highest BCUT2D eigenvalue weighted by Crippen LogP contribution is 2.27. The standard InChI is InChI=1S/C16H26N2O3/c1-16(2,10-17)11-18(3)15(19)9-12-6-7-13(20-4)14(8-12)21-5/h6-8H,9-11,17H2,1-5H3. The lowest BCUT2D eigenvalue weighted by Gasteiger charge is -2.29. The van der Waals surface area contributed by atoms with Crippen LogP contribution in [-0.4, -0.2) is 45.2 Å². The molecule has 0 aliphatic rings. The Morgan fingerprint density at radius 3 is 2.38 bits per heavy atom. The molecule has 1 rings (SSSR count). The number of ether oxygens (including phenoxy) is 2. The van der Waals surface area contributed by atoms with Crippen LogP contribution < -0.4 is 15.2 Å². The molecular formula is C16H26N2O3. The molecule has 0 aliphatic heterocycles. The van der Waals surface area contributed by atoms with Gasteiger partial charge < -0.3 is 20.1 Å². The van der Waals surface area contributed by atoms with Crippen LogP contribution in [0.25, 0.3) is 0 Å². The van der Waals surface area contributed by atoms with Gasteiger partial charge in [-0.3, -0.25) is 4.79 Å². The molecule has 5 nitrogen and oxygen atoms in total. The largest absolute Gasteiger partial charge is 0.493 e. The SMILES string of the molecule is COc1ccc(CC(=O)N(C)CC(C)(C)CN)cc1OC. The van der Waals surface area contributed by atoms with Gasteiger partial charge in [-0.05, 0) is 29.7 Å². The molecule has 118 valence electrons. The maximum Gasteiger partial charge on any atom is 0.226 e. The number of amides is 1. The van der Waals surface area contributed by atoms with Gasteiger partial charge in [-0.15, -0.1) is 0 Å². The molecule has 0 saturated heterocycles. The van der Waals surface area contributed by atoms with Crippen molar-refractivity contribution in [2.75, 3.05) is 34.4 Å². The highest BCUT2D eigenvalue weighted by atomic mass is 16.5. The van der Waals surface area contributed by atoms with Crippen LogP contribution in [0.15, 0.2) is 18.2 Å². The molecule has 0 aromatic heterocycles. The molecule has 1 amide bonds. The molecule has 1 aromatic carbocycles. The Morgan fingerprint density at radius 1 is 1.24 bits per heavy atom. The summed E-state index contributed by atoms with van der Waals surface area (Å²) < 4.78 is 10.4. The molecule has 5 heteroatoms. The minimum Gasteiger partial charge on any atom is -0.493 e. The number of nitrogens with two attached hydrogens (primary N) is 1. The maximum atomic E-state index is 12.3. The fraction of sp³-hybridized carbons (Fsp3) is 0.562. The van der Waals surface area contributed by atoms with Gasteiger partial charge in [0.25, 0.3) is 0 Å². The first kappa shape index (κ1) is 17.3. The van der Waals surface area contributed by atoms with Crippen LogP contribution in [0.2, 0.25) is 0 Å². The van der Waals surface area contributed by atoms with Gasteiger partial charge in [0.05, 0.1) is 20.6 Å². The summed E-state index contributed by atoms with van der Waals surface area (Å²) in [6, 6.07) is 5.52. The zero-order chi connectivity index (χ0) is 16.0. The highest BCUT2D eigenvalue weighted by Gasteiger charge is 2.21. The fourth-order valence-electron chi connectivity index (χ4n) is 2.09. The van der Waals surface area contributed by atoms with E-state index in [1.54, 1.807) is 26.2 Å². The molecule has 0 saturated carbocycles. The van der Waals surface area contributed by atoms with Crippen LogP contribution >= 0.6 is 0 Å². The lowest BCUT2D eigenvalue weighted by atomic mass is 9.93. The quantitative estimate of drug-likeness (QED) is 0.831. The minimum absolute atomic E-state index is 0.0590. The molecule has 0 radical (unpaired) electrons. The number of hydrogen-bond donors (Lipinski definition) is 1. The summed E-state index contributed by atoms with van der Waals surface area (Å²) >= 11 is 0. The van der Waals surface area contributed by atoms with Crippen molar-refractivity contribution >= 4 is 5.91 Å². The maximum absolute atomic E-state index is 12.3. The van der Waals surface area contributed by atoms with Gasteiger partial charge in [-0.25, -0.2) is 0 Å². The van der Waals surface area contributed by atoms with E-state index in [9.17, 15) is 4.79 Å². The third kappa shape index (κ3) is 4.93. The molecule has 0 atom stereocenters. The first-order valence-corrected chi connectivity index (χ1v) is 6.98. The number of benzene rings is 1. The van der Waals surface area contributed by atoms with E-state index in [1.165, 1.54) is 0 Å². The van der Waals surface area contributed by atoms with Crippen LogP contribution in [0, 0.1) is 5.41 Å². The fourth-order valence-corrected chi connectivity index (χ4v) is 2.09. The molecule has 0 heterocycles. The Hall–Kier alpha value is -1.75. The van der Waals surface area contributed by atoms with Gasteiger partial charge in [0, 0.05) is 13.6 Å². The third-order valence-electron chi connectivity index (χ3n) is 3.45. The average molecular weight is 294 g/mol. The molecule has 21 heavy (non-hydrogen) atoms. The van der Waals surface area contributed by atoms with Crippen molar-refractivity contribution in [2.45, 2.75) is 20.3 Å². The Kier molecular flexibility index (Phi) is 6.03. The van der Waals surface area contributed by atoms with E-state index in [1.807, 2.05) is 32.0 Å². The van der Waals surface area contributed by atoms with E-state index in [0.29, 0.717) is 31.0 Å². The van der Waals surface area contributed by atoms with Gasteiger partial charge in [0.15, 0.2) is 11.5 Å². The van der Waals surface area contributed by atoms with Crippen molar-refractivity contribution in [2.24, 2.45) is 11.1 Å². The second-order valence-electron chi connectivity index (χ2n) is 5.98. The number of carbonyl (C=O) groups excluding carboxylic acids is 1. The van der Waals surface area contributed by atoms with Crippen LogP contribution in [0.3, 0.4) is 0 Å². The van der Waals surface area contributed by atoms with Crippen molar-refractivity contribution in [3.05, 3.63) is 23.8 Å². The average Bonchev–Trinajstić information content (AvgIpc) is 2.46. The lowest BCUT2D eigenvalue weighted by Crippen LogP contribution is -2.40. The summed E-state index contributed by atoms with van der Waals surface area (Å²) in [4.78, 5) is 14.0. The van der Waals surface area contributed by atoms with Crippen LogP contribution in [0.5, 0.6) is 11.5 Å². The van der Waals surface area contributed by atoms with Gasteiger partial charge in [0.2, 0.25) is 5.91 Å². The van der Waals surface area contributed by atoms with Crippen molar-refractivity contribution in [1.29, 1.82) is 0 Å². The predicted octanol–water partition coefficient (Wildman–Crippen LogP) is 1.69. The molecule has 0 spiro atoms. The number of likely N-dealkylation sites (N-methyl/N-ethyl adjacent to an activating group) is 1. The lowest BCUT2D eigenvalue weighted by molar-refractivity contribution is -0.130.